The minimum Gasteiger partial charge on any atom is -0.379 e. The molecule has 3 rings (SSSR count). The van der Waals surface area contributed by atoms with Crippen molar-refractivity contribution in [3.05, 3.63) is 47.5 Å². The highest BCUT2D eigenvalue weighted by Gasteiger charge is 2.43. The topological polar surface area (TPSA) is 76.7 Å². The van der Waals surface area contributed by atoms with Gasteiger partial charge in [0.1, 0.15) is 11.6 Å². The molecule has 2 aromatic rings. The molecule has 1 aromatic heterocycles. The fourth-order valence-electron chi connectivity index (χ4n) is 2.18. The minimum absolute atomic E-state index is 0.163. The fourth-order valence-corrected chi connectivity index (χ4v) is 2.18. The zero-order valence-corrected chi connectivity index (χ0v) is 12.1. The summed E-state index contributed by atoms with van der Waals surface area (Å²) in [5.74, 6) is 0.0558. The Labute approximate surface area is 125 Å². The van der Waals surface area contributed by atoms with Crippen molar-refractivity contribution in [1.29, 1.82) is 0 Å². The molecule has 7 heteroatoms. The molecular formula is C15H14FN3O3. The van der Waals surface area contributed by atoms with Gasteiger partial charge >= 0.3 is 0 Å². The second kappa shape index (κ2) is 5.25. The lowest BCUT2D eigenvalue weighted by Crippen LogP contribution is -2.40. The molecule has 0 radical (unpaired) electrons. The molecule has 0 bridgehead atoms. The second-order valence-corrected chi connectivity index (χ2v) is 5.29. The van der Waals surface area contributed by atoms with Crippen LogP contribution in [0, 0.1) is 12.7 Å². The summed E-state index contributed by atoms with van der Waals surface area (Å²) in [6.45, 7) is 3.31. The summed E-state index contributed by atoms with van der Waals surface area (Å²) in [6, 6.07) is 7.83. The maximum Gasteiger partial charge on any atom is 0.272 e. The first kappa shape index (κ1) is 14.2. The molecule has 1 aliphatic heterocycles. The molecule has 2 heterocycles. The number of hydrogen-bond acceptors (Lipinski definition) is 5. The maximum absolute atomic E-state index is 13.8. The van der Waals surface area contributed by atoms with Gasteiger partial charge in [0.2, 0.25) is 5.60 Å². The molecule has 22 heavy (non-hydrogen) atoms. The van der Waals surface area contributed by atoms with Crippen molar-refractivity contribution in [3.63, 3.8) is 0 Å². The monoisotopic (exact) mass is 303 g/mol. The summed E-state index contributed by atoms with van der Waals surface area (Å²) < 4.78 is 18.7. The van der Waals surface area contributed by atoms with E-state index in [2.05, 4.69) is 15.6 Å². The highest BCUT2D eigenvalue weighted by atomic mass is 19.1. The van der Waals surface area contributed by atoms with Crippen molar-refractivity contribution in [2.45, 2.75) is 25.9 Å². The smallest absolute Gasteiger partial charge is 0.272 e. The largest absolute Gasteiger partial charge is 0.379 e. The van der Waals surface area contributed by atoms with Crippen LogP contribution in [-0.4, -0.2) is 22.4 Å². The number of hydrogen-bond donors (Lipinski definition) is 1. The van der Waals surface area contributed by atoms with Gasteiger partial charge < -0.3 is 14.7 Å². The lowest BCUT2D eigenvalue weighted by Gasteiger charge is -2.19. The average Bonchev–Trinajstić information content (AvgIpc) is 3.07. The summed E-state index contributed by atoms with van der Waals surface area (Å²) in [5.41, 5.74) is -0.492. The van der Waals surface area contributed by atoms with Crippen molar-refractivity contribution in [3.8, 4) is 0 Å². The Morgan fingerprint density at radius 2 is 2.18 bits per heavy atom. The maximum atomic E-state index is 13.8. The van der Waals surface area contributed by atoms with Crippen LogP contribution in [0.4, 0.5) is 10.2 Å². The fraction of sp³-hybridized carbons (Fsp3) is 0.267. The van der Waals surface area contributed by atoms with Crippen LogP contribution in [0.2, 0.25) is 0 Å². The Bertz CT molecular complexity index is 756. The normalized spacial score (nSPS) is 20.4. The third-order valence-corrected chi connectivity index (χ3v) is 3.40. The molecule has 1 amide bonds. The molecule has 1 aromatic carbocycles. The predicted octanol–water partition coefficient (Wildman–Crippen LogP) is 2.64. The molecule has 0 unspecified atom stereocenters. The van der Waals surface area contributed by atoms with E-state index in [1.807, 2.05) is 0 Å². The molecular weight excluding hydrogens is 289 g/mol. The van der Waals surface area contributed by atoms with Gasteiger partial charge in [-0.1, -0.05) is 28.5 Å². The SMILES string of the molecule is Cc1cc(NC(=O)[C@]2(C)CC(c3ccccc3F)=NO2)no1. The predicted molar refractivity (Wildman–Crippen MR) is 76.9 cm³/mol. The summed E-state index contributed by atoms with van der Waals surface area (Å²) in [4.78, 5) is 17.6. The number of nitrogens with zero attached hydrogens (tertiary/aromatic N) is 2. The van der Waals surface area contributed by atoms with Crippen LogP contribution in [0.25, 0.3) is 0 Å². The van der Waals surface area contributed by atoms with E-state index in [0.29, 0.717) is 22.9 Å². The van der Waals surface area contributed by atoms with Gasteiger partial charge in [0.25, 0.3) is 5.91 Å². The highest BCUT2D eigenvalue weighted by Crippen LogP contribution is 2.28. The zero-order valence-electron chi connectivity index (χ0n) is 12.1. The van der Waals surface area contributed by atoms with Crippen molar-refractivity contribution < 1.29 is 18.5 Å². The number of rotatable bonds is 3. The Kier molecular flexibility index (Phi) is 3.40. The van der Waals surface area contributed by atoms with E-state index in [0.717, 1.165) is 0 Å². The van der Waals surface area contributed by atoms with Gasteiger partial charge in [0, 0.05) is 18.1 Å². The molecule has 0 fully saturated rings. The number of aromatic nitrogens is 1. The Morgan fingerprint density at radius 3 is 2.86 bits per heavy atom. The number of oxime groups is 1. The van der Waals surface area contributed by atoms with Gasteiger partial charge in [-0.05, 0) is 19.9 Å². The van der Waals surface area contributed by atoms with Crippen LogP contribution in [0.1, 0.15) is 24.7 Å². The van der Waals surface area contributed by atoms with Crippen molar-refractivity contribution in [2.24, 2.45) is 5.16 Å². The summed E-state index contributed by atoms with van der Waals surface area (Å²) in [5, 5.41) is 10.1. The molecule has 1 N–H and O–H groups in total. The standard InChI is InChI=1S/C15H14FN3O3/c1-9-7-13(19-21-9)17-14(20)15(2)8-12(18-22-15)10-5-3-4-6-11(10)16/h3-7H,8H2,1-2H3,(H,17,19,20)/t15-/m0/s1. The third-order valence-electron chi connectivity index (χ3n) is 3.40. The second-order valence-electron chi connectivity index (χ2n) is 5.29. The number of carbonyl (C=O) groups is 1. The first-order valence-electron chi connectivity index (χ1n) is 6.73. The highest BCUT2D eigenvalue weighted by molar-refractivity contribution is 6.07. The van der Waals surface area contributed by atoms with Gasteiger partial charge in [-0.15, -0.1) is 0 Å². The molecule has 114 valence electrons. The Balaban J connectivity index is 1.74. The lowest BCUT2D eigenvalue weighted by atomic mass is 9.95. The molecule has 0 saturated carbocycles. The molecule has 1 aliphatic rings. The minimum atomic E-state index is -1.22. The van der Waals surface area contributed by atoms with Crippen LogP contribution in [0.5, 0.6) is 0 Å². The quantitative estimate of drug-likeness (QED) is 0.945. The lowest BCUT2D eigenvalue weighted by molar-refractivity contribution is -0.136. The molecule has 0 spiro atoms. The molecule has 0 saturated heterocycles. The van der Waals surface area contributed by atoms with Crippen molar-refractivity contribution in [2.75, 3.05) is 5.32 Å². The van der Waals surface area contributed by atoms with Crippen LogP contribution in [-0.2, 0) is 9.63 Å². The van der Waals surface area contributed by atoms with Gasteiger partial charge in [0.15, 0.2) is 5.82 Å². The number of halogens is 1. The van der Waals surface area contributed by atoms with Crippen LogP contribution in [0.3, 0.4) is 0 Å². The van der Waals surface area contributed by atoms with E-state index in [9.17, 15) is 9.18 Å². The van der Waals surface area contributed by atoms with Gasteiger partial charge in [0.05, 0.1) is 5.71 Å². The van der Waals surface area contributed by atoms with Crippen LogP contribution >= 0.6 is 0 Å². The number of benzene rings is 1. The van der Waals surface area contributed by atoms with E-state index in [1.165, 1.54) is 6.07 Å². The van der Waals surface area contributed by atoms with Gasteiger partial charge in [-0.2, -0.15) is 0 Å². The van der Waals surface area contributed by atoms with E-state index in [4.69, 9.17) is 9.36 Å². The molecule has 1 atom stereocenters. The van der Waals surface area contributed by atoms with Gasteiger partial charge in [-0.3, -0.25) is 4.79 Å². The third kappa shape index (κ3) is 2.57. The van der Waals surface area contributed by atoms with Crippen molar-refractivity contribution in [1.82, 2.24) is 5.16 Å². The number of nitrogens with one attached hydrogen (secondary N) is 1. The summed E-state index contributed by atoms with van der Waals surface area (Å²) in [7, 11) is 0. The first-order chi connectivity index (χ1) is 10.5. The van der Waals surface area contributed by atoms with Crippen LogP contribution in [0.15, 0.2) is 40.0 Å². The Morgan fingerprint density at radius 1 is 1.41 bits per heavy atom. The number of aryl methyl sites for hydroxylation is 1. The molecule has 6 nitrogen and oxygen atoms in total. The molecule has 0 aliphatic carbocycles. The average molecular weight is 303 g/mol. The van der Waals surface area contributed by atoms with Gasteiger partial charge in [-0.25, -0.2) is 4.39 Å². The number of amides is 1. The van der Waals surface area contributed by atoms with Crippen LogP contribution < -0.4 is 5.32 Å². The zero-order chi connectivity index (χ0) is 15.7. The Hall–Kier alpha value is -2.70. The summed E-state index contributed by atoms with van der Waals surface area (Å²) >= 11 is 0. The van der Waals surface area contributed by atoms with E-state index in [1.54, 1.807) is 38.1 Å². The van der Waals surface area contributed by atoms with E-state index < -0.39 is 17.3 Å². The number of anilines is 1. The van der Waals surface area contributed by atoms with Crippen molar-refractivity contribution >= 4 is 17.4 Å². The van der Waals surface area contributed by atoms with E-state index in [-0.39, 0.29) is 6.42 Å². The van der Waals surface area contributed by atoms with E-state index >= 15 is 0 Å². The summed E-state index contributed by atoms with van der Waals surface area (Å²) in [6.07, 6.45) is 0.163. The first-order valence-corrected chi connectivity index (χ1v) is 6.73. The number of carbonyl (C=O) groups excluding carboxylic acids is 1.